The van der Waals surface area contributed by atoms with Gasteiger partial charge in [0, 0.05) is 25.4 Å². The predicted octanol–water partition coefficient (Wildman–Crippen LogP) is 2.76. The maximum Gasteiger partial charge on any atom is 0.222 e. The predicted molar refractivity (Wildman–Crippen MR) is 64.0 cm³/mol. The first-order chi connectivity index (χ1) is 6.84. The molecular weight excluding hydrogens is 210 g/mol. The van der Waals surface area contributed by atoms with Crippen molar-refractivity contribution in [3.8, 4) is 0 Å². The second kappa shape index (κ2) is 4.73. The van der Waals surface area contributed by atoms with Gasteiger partial charge in [-0.3, -0.25) is 4.79 Å². The third kappa shape index (κ3) is 3.37. The van der Waals surface area contributed by atoms with E-state index >= 15 is 0 Å². The van der Waals surface area contributed by atoms with E-state index in [4.69, 9.17) is 11.6 Å². The van der Waals surface area contributed by atoms with Crippen molar-refractivity contribution in [2.24, 2.45) is 17.3 Å². The molecule has 1 heterocycles. The minimum atomic E-state index is 0.231. The topological polar surface area (TPSA) is 20.3 Å². The van der Waals surface area contributed by atoms with Crippen LogP contribution in [0.3, 0.4) is 0 Å². The average Bonchev–Trinajstić information content (AvgIpc) is 2.47. The third-order valence-electron chi connectivity index (χ3n) is 3.23. The highest BCUT2D eigenvalue weighted by atomic mass is 35.5. The van der Waals surface area contributed by atoms with Gasteiger partial charge in [0.15, 0.2) is 0 Å². The van der Waals surface area contributed by atoms with Crippen LogP contribution in [0, 0.1) is 17.3 Å². The number of carbonyl (C=O) groups excluding carboxylic acids is 1. The van der Waals surface area contributed by atoms with Crippen LogP contribution < -0.4 is 0 Å². The molecule has 0 radical (unpaired) electrons. The number of alkyl halides is 1. The van der Waals surface area contributed by atoms with Gasteiger partial charge in [0.1, 0.15) is 0 Å². The number of hydrogen-bond donors (Lipinski definition) is 0. The quantitative estimate of drug-likeness (QED) is 0.684. The minimum absolute atomic E-state index is 0.231. The maximum atomic E-state index is 11.8. The summed E-state index contributed by atoms with van der Waals surface area (Å²) >= 11 is 5.77. The number of amides is 1. The van der Waals surface area contributed by atoms with Crippen LogP contribution in [0.1, 0.15) is 34.1 Å². The normalized spacial score (nSPS) is 24.7. The number of carbonyl (C=O) groups is 1. The molecular formula is C12H22ClNO. The van der Waals surface area contributed by atoms with Gasteiger partial charge in [-0.25, -0.2) is 0 Å². The van der Waals surface area contributed by atoms with E-state index in [9.17, 15) is 4.79 Å². The molecule has 0 aromatic carbocycles. The molecule has 1 amide bonds. The minimum Gasteiger partial charge on any atom is -0.342 e. The lowest BCUT2D eigenvalue weighted by Crippen LogP contribution is -2.32. The summed E-state index contributed by atoms with van der Waals surface area (Å²) in [5.41, 5.74) is 0.231. The van der Waals surface area contributed by atoms with E-state index in [1.54, 1.807) is 0 Å². The first-order valence-corrected chi connectivity index (χ1v) is 6.21. The van der Waals surface area contributed by atoms with Crippen molar-refractivity contribution in [2.75, 3.05) is 19.0 Å². The van der Waals surface area contributed by atoms with E-state index in [1.165, 1.54) is 0 Å². The monoisotopic (exact) mass is 231 g/mol. The molecule has 0 bridgehead atoms. The largest absolute Gasteiger partial charge is 0.342 e. The Balaban J connectivity index is 2.53. The van der Waals surface area contributed by atoms with Gasteiger partial charge in [0.05, 0.1) is 0 Å². The molecule has 0 saturated carbocycles. The SMILES string of the molecule is CC(CCl)CN1CC(C(C)(C)C)CC1=O. The van der Waals surface area contributed by atoms with Crippen molar-refractivity contribution in [2.45, 2.75) is 34.1 Å². The Labute approximate surface area is 98.0 Å². The summed E-state index contributed by atoms with van der Waals surface area (Å²) in [4.78, 5) is 13.7. The van der Waals surface area contributed by atoms with E-state index in [1.807, 2.05) is 4.90 Å². The van der Waals surface area contributed by atoms with E-state index < -0.39 is 0 Å². The second-order valence-corrected chi connectivity index (χ2v) is 6.13. The third-order valence-corrected chi connectivity index (χ3v) is 3.76. The summed E-state index contributed by atoms with van der Waals surface area (Å²) in [5.74, 6) is 1.82. The van der Waals surface area contributed by atoms with Crippen molar-refractivity contribution in [1.29, 1.82) is 0 Å². The lowest BCUT2D eigenvalue weighted by molar-refractivity contribution is -0.128. The van der Waals surface area contributed by atoms with Crippen molar-refractivity contribution in [3.63, 3.8) is 0 Å². The van der Waals surface area contributed by atoms with E-state index in [-0.39, 0.29) is 5.41 Å². The molecule has 1 aliphatic rings. The van der Waals surface area contributed by atoms with Crippen LogP contribution in [0.25, 0.3) is 0 Å². The van der Waals surface area contributed by atoms with Crippen LogP contribution >= 0.6 is 11.6 Å². The zero-order chi connectivity index (χ0) is 11.6. The molecule has 15 heavy (non-hydrogen) atoms. The molecule has 2 unspecified atom stereocenters. The summed E-state index contributed by atoms with van der Waals surface area (Å²) in [5, 5.41) is 0. The Hall–Kier alpha value is -0.240. The molecule has 0 N–H and O–H groups in total. The molecule has 0 aliphatic carbocycles. The number of likely N-dealkylation sites (tertiary alicyclic amines) is 1. The number of rotatable bonds is 3. The first kappa shape index (κ1) is 12.8. The van der Waals surface area contributed by atoms with E-state index in [0.29, 0.717) is 30.0 Å². The van der Waals surface area contributed by atoms with Crippen LogP contribution in [-0.4, -0.2) is 29.8 Å². The molecule has 88 valence electrons. The fourth-order valence-corrected chi connectivity index (χ4v) is 2.05. The molecule has 2 nitrogen and oxygen atoms in total. The van der Waals surface area contributed by atoms with Gasteiger partial charge in [0.25, 0.3) is 0 Å². The molecule has 3 heteroatoms. The summed E-state index contributed by atoms with van der Waals surface area (Å²) in [7, 11) is 0. The molecule has 2 atom stereocenters. The lowest BCUT2D eigenvalue weighted by Gasteiger charge is -2.27. The summed E-state index contributed by atoms with van der Waals surface area (Å²) in [6, 6.07) is 0. The van der Waals surface area contributed by atoms with Crippen molar-refractivity contribution in [3.05, 3.63) is 0 Å². The highest BCUT2D eigenvalue weighted by Crippen LogP contribution is 2.34. The smallest absolute Gasteiger partial charge is 0.222 e. The Bertz CT molecular complexity index is 234. The van der Waals surface area contributed by atoms with E-state index in [2.05, 4.69) is 27.7 Å². The fourth-order valence-electron chi connectivity index (χ4n) is 1.95. The number of nitrogens with zero attached hydrogens (tertiary/aromatic N) is 1. The van der Waals surface area contributed by atoms with Crippen molar-refractivity contribution >= 4 is 17.5 Å². The van der Waals surface area contributed by atoms with Gasteiger partial charge in [-0.1, -0.05) is 27.7 Å². The molecule has 1 rings (SSSR count). The van der Waals surface area contributed by atoms with Crippen LogP contribution in [0.4, 0.5) is 0 Å². The Kier molecular flexibility index (Phi) is 4.05. The van der Waals surface area contributed by atoms with Crippen LogP contribution in [-0.2, 0) is 4.79 Å². The number of hydrogen-bond acceptors (Lipinski definition) is 1. The fraction of sp³-hybridized carbons (Fsp3) is 0.917. The highest BCUT2D eigenvalue weighted by molar-refractivity contribution is 6.18. The zero-order valence-electron chi connectivity index (χ0n) is 10.2. The standard InChI is InChI=1S/C12H22ClNO/c1-9(6-13)7-14-8-10(5-11(14)15)12(2,3)4/h9-10H,5-8H2,1-4H3. The van der Waals surface area contributed by atoms with Gasteiger partial charge < -0.3 is 4.90 Å². The summed E-state index contributed by atoms with van der Waals surface area (Å²) in [6.45, 7) is 10.4. The Morgan fingerprint density at radius 3 is 2.53 bits per heavy atom. The lowest BCUT2D eigenvalue weighted by atomic mass is 9.80. The summed E-state index contributed by atoms with van der Waals surface area (Å²) in [6.07, 6.45) is 0.707. The number of halogens is 1. The van der Waals surface area contributed by atoms with Crippen molar-refractivity contribution < 1.29 is 4.79 Å². The van der Waals surface area contributed by atoms with Crippen molar-refractivity contribution in [1.82, 2.24) is 4.90 Å². The van der Waals surface area contributed by atoms with Gasteiger partial charge in [-0.15, -0.1) is 11.6 Å². The highest BCUT2D eigenvalue weighted by Gasteiger charge is 2.36. The van der Waals surface area contributed by atoms with Gasteiger partial charge >= 0.3 is 0 Å². The van der Waals surface area contributed by atoms with Crippen LogP contribution in [0.15, 0.2) is 0 Å². The maximum absolute atomic E-state index is 11.8. The molecule has 0 aromatic heterocycles. The van der Waals surface area contributed by atoms with E-state index in [0.717, 1.165) is 13.1 Å². The second-order valence-electron chi connectivity index (χ2n) is 5.83. The van der Waals surface area contributed by atoms with Crippen LogP contribution in [0.2, 0.25) is 0 Å². The van der Waals surface area contributed by atoms with Gasteiger partial charge in [-0.2, -0.15) is 0 Å². The Morgan fingerprint density at radius 1 is 1.53 bits per heavy atom. The molecule has 1 fully saturated rings. The molecule has 0 spiro atoms. The average molecular weight is 232 g/mol. The summed E-state index contributed by atoms with van der Waals surface area (Å²) < 4.78 is 0. The zero-order valence-corrected chi connectivity index (χ0v) is 11.0. The van der Waals surface area contributed by atoms with Crippen LogP contribution in [0.5, 0.6) is 0 Å². The molecule has 0 aromatic rings. The van der Waals surface area contributed by atoms with Gasteiger partial charge in [0.2, 0.25) is 5.91 Å². The molecule has 1 aliphatic heterocycles. The van der Waals surface area contributed by atoms with Gasteiger partial charge in [-0.05, 0) is 17.3 Å². The first-order valence-electron chi connectivity index (χ1n) is 5.68. The molecule has 1 saturated heterocycles. The Morgan fingerprint density at radius 2 is 2.13 bits per heavy atom.